The van der Waals surface area contributed by atoms with E-state index in [1.165, 1.54) is 0 Å². The summed E-state index contributed by atoms with van der Waals surface area (Å²) >= 11 is 0. The van der Waals surface area contributed by atoms with E-state index in [2.05, 4.69) is 33.9 Å². The Kier molecular flexibility index (Phi) is 6.78. The first-order valence-electron chi connectivity index (χ1n) is 6.13. The fourth-order valence-electron chi connectivity index (χ4n) is 1.12. The van der Waals surface area contributed by atoms with Crippen molar-refractivity contribution in [1.29, 1.82) is 0 Å². The van der Waals surface area contributed by atoms with Gasteiger partial charge in [-0.15, -0.1) is 0 Å². The summed E-state index contributed by atoms with van der Waals surface area (Å²) in [5.41, 5.74) is 0. The molecule has 0 spiro atoms. The van der Waals surface area contributed by atoms with Gasteiger partial charge < -0.3 is 14.6 Å². The molecule has 4 heteroatoms. The number of aliphatic hydroxyl groups excluding tert-OH is 2. The van der Waals surface area contributed by atoms with Gasteiger partial charge in [-0.2, -0.15) is 0 Å². The third kappa shape index (κ3) is 5.99. The molecule has 0 bridgehead atoms. The van der Waals surface area contributed by atoms with Crippen LogP contribution < -0.4 is 0 Å². The molecule has 0 aromatic rings. The Labute approximate surface area is 101 Å². The third-order valence-corrected chi connectivity index (χ3v) is 7.95. The van der Waals surface area contributed by atoms with E-state index >= 15 is 0 Å². The van der Waals surface area contributed by atoms with Crippen molar-refractivity contribution < 1.29 is 14.6 Å². The SMILES string of the molecule is CC(C)(C)[Si](C)(C)OCCCC[C@@H](O)CO. The van der Waals surface area contributed by atoms with Crippen LogP contribution in [0.15, 0.2) is 0 Å². The first kappa shape index (κ1) is 16.1. The predicted molar refractivity (Wildman–Crippen MR) is 70.1 cm³/mol. The highest BCUT2D eigenvalue weighted by atomic mass is 28.4. The zero-order valence-electron chi connectivity index (χ0n) is 11.4. The van der Waals surface area contributed by atoms with Crippen LogP contribution in [0.3, 0.4) is 0 Å². The summed E-state index contributed by atoms with van der Waals surface area (Å²) in [4.78, 5) is 0. The summed E-state index contributed by atoms with van der Waals surface area (Å²) < 4.78 is 6.00. The second kappa shape index (κ2) is 6.74. The van der Waals surface area contributed by atoms with Crippen LogP contribution in [-0.2, 0) is 4.43 Å². The summed E-state index contributed by atoms with van der Waals surface area (Å²) in [7, 11) is -1.60. The Bertz CT molecular complexity index is 187. The van der Waals surface area contributed by atoms with E-state index in [0.717, 1.165) is 19.4 Å². The Morgan fingerprint density at radius 1 is 1.19 bits per heavy atom. The van der Waals surface area contributed by atoms with Gasteiger partial charge in [0, 0.05) is 6.61 Å². The molecule has 0 aliphatic heterocycles. The molecule has 0 saturated heterocycles. The standard InChI is InChI=1S/C12H28O3Si/c1-12(2,3)16(4,5)15-9-7-6-8-11(14)10-13/h11,13-14H,6-10H2,1-5H3/t11-/m1/s1. The molecular formula is C12H28O3Si. The van der Waals surface area contributed by atoms with Gasteiger partial charge in [-0.1, -0.05) is 20.8 Å². The molecule has 16 heavy (non-hydrogen) atoms. The van der Waals surface area contributed by atoms with Gasteiger partial charge in [0.1, 0.15) is 0 Å². The zero-order chi connectivity index (χ0) is 12.8. The average Bonchev–Trinajstić information content (AvgIpc) is 2.15. The Balaban J connectivity index is 3.67. The molecule has 0 aliphatic rings. The topological polar surface area (TPSA) is 49.7 Å². The van der Waals surface area contributed by atoms with Crippen LogP contribution in [0.25, 0.3) is 0 Å². The monoisotopic (exact) mass is 248 g/mol. The van der Waals surface area contributed by atoms with Crippen LogP contribution in [0.5, 0.6) is 0 Å². The van der Waals surface area contributed by atoms with Crippen LogP contribution in [0, 0.1) is 0 Å². The summed E-state index contributed by atoms with van der Waals surface area (Å²) in [6.07, 6.45) is 1.98. The van der Waals surface area contributed by atoms with E-state index in [1.54, 1.807) is 0 Å². The van der Waals surface area contributed by atoms with Crippen LogP contribution in [-0.4, -0.2) is 37.8 Å². The van der Waals surface area contributed by atoms with Gasteiger partial charge in [0.15, 0.2) is 8.32 Å². The molecule has 0 amide bonds. The maximum atomic E-state index is 9.16. The molecule has 0 rings (SSSR count). The van der Waals surface area contributed by atoms with Gasteiger partial charge in [-0.25, -0.2) is 0 Å². The third-order valence-electron chi connectivity index (χ3n) is 3.41. The molecule has 0 heterocycles. The highest BCUT2D eigenvalue weighted by molar-refractivity contribution is 6.74. The second-order valence-electron chi connectivity index (χ2n) is 5.94. The minimum atomic E-state index is -1.60. The number of hydrogen-bond donors (Lipinski definition) is 2. The maximum Gasteiger partial charge on any atom is 0.191 e. The molecule has 0 unspecified atom stereocenters. The first-order chi connectivity index (χ1) is 7.20. The maximum absolute atomic E-state index is 9.16. The van der Waals surface area contributed by atoms with Crippen molar-refractivity contribution in [3.05, 3.63) is 0 Å². The van der Waals surface area contributed by atoms with Crippen molar-refractivity contribution in [3.63, 3.8) is 0 Å². The lowest BCUT2D eigenvalue weighted by atomic mass is 10.2. The fraction of sp³-hybridized carbons (Fsp3) is 1.00. The molecule has 1 atom stereocenters. The lowest BCUT2D eigenvalue weighted by Crippen LogP contribution is -2.40. The Hall–Kier alpha value is 0.0969. The van der Waals surface area contributed by atoms with Crippen LogP contribution >= 0.6 is 0 Å². The average molecular weight is 248 g/mol. The lowest BCUT2D eigenvalue weighted by molar-refractivity contribution is 0.0849. The molecule has 0 saturated carbocycles. The lowest BCUT2D eigenvalue weighted by Gasteiger charge is -2.36. The molecule has 2 N–H and O–H groups in total. The molecule has 0 fully saturated rings. The van der Waals surface area contributed by atoms with Gasteiger partial charge >= 0.3 is 0 Å². The number of unbranched alkanes of at least 4 members (excludes halogenated alkanes) is 1. The normalized spacial score (nSPS) is 15.2. The summed E-state index contributed by atoms with van der Waals surface area (Å²) in [5.74, 6) is 0. The first-order valence-corrected chi connectivity index (χ1v) is 9.04. The molecule has 0 aromatic carbocycles. The fourth-order valence-corrected chi connectivity index (χ4v) is 2.20. The molecular weight excluding hydrogens is 220 g/mol. The molecule has 3 nitrogen and oxygen atoms in total. The molecule has 0 radical (unpaired) electrons. The van der Waals surface area contributed by atoms with Crippen molar-refractivity contribution in [3.8, 4) is 0 Å². The summed E-state index contributed by atoms with van der Waals surface area (Å²) in [5, 5.41) is 18.1. The highest BCUT2D eigenvalue weighted by Crippen LogP contribution is 2.36. The number of rotatable bonds is 7. The van der Waals surface area contributed by atoms with Gasteiger partial charge in [0.25, 0.3) is 0 Å². The molecule has 98 valence electrons. The Morgan fingerprint density at radius 2 is 1.75 bits per heavy atom. The highest BCUT2D eigenvalue weighted by Gasteiger charge is 2.36. The van der Waals surface area contributed by atoms with Gasteiger partial charge in [-0.05, 0) is 37.4 Å². The minimum absolute atomic E-state index is 0.136. The predicted octanol–water partition coefficient (Wildman–Crippen LogP) is 2.53. The van der Waals surface area contributed by atoms with E-state index in [1.807, 2.05) is 0 Å². The van der Waals surface area contributed by atoms with E-state index in [0.29, 0.717) is 6.42 Å². The molecule has 0 aromatic heterocycles. The van der Waals surface area contributed by atoms with Gasteiger partial charge in [0.2, 0.25) is 0 Å². The van der Waals surface area contributed by atoms with E-state index in [-0.39, 0.29) is 11.6 Å². The van der Waals surface area contributed by atoms with Gasteiger partial charge in [0.05, 0.1) is 12.7 Å². The van der Waals surface area contributed by atoms with Gasteiger partial charge in [-0.3, -0.25) is 0 Å². The van der Waals surface area contributed by atoms with Crippen molar-refractivity contribution >= 4 is 8.32 Å². The van der Waals surface area contributed by atoms with Crippen molar-refractivity contribution in [2.24, 2.45) is 0 Å². The van der Waals surface area contributed by atoms with E-state index in [9.17, 15) is 0 Å². The zero-order valence-corrected chi connectivity index (χ0v) is 12.4. The van der Waals surface area contributed by atoms with E-state index in [4.69, 9.17) is 14.6 Å². The largest absolute Gasteiger partial charge is 0.417 e. The summed E-state index contributed by atoms with van der Waals surface area (Å²) in [6, 6.07) is 0. The van der Waals surface area contributed by atoms with Crippen LogP contribution in [0.4, 0.5) is 0 Å². The number of hydrogen-bond acceptors (Lipinski definition) is 3. The van der Waals surface area contributed by atoms with Crippen molar-refractivity contribution in [2.75, 3.05) is 13.2 Å². The van der Waals surface area contributed by atoms with Crippen LogP contribution in [0.2, 0.25) is 18.1 Å². The second-order valence-corrected chi connectivity index (χ2v) is 10.8. The molecule has 0 aliphatic carbocycles. The summed E-state index contributed by atoms with van der Waals surface area (Å²) in [6.45, 7) is 11.8. The quantitative estimate of drug-likeness (QED) is 0.538. The van der Waals surface area contributed by atoms with Crippen molar-refractivity contribution in [1.82, 2.24) is 0 Å². The van der Waals surface area contributed by atoms with Crippen LogP contribution in [0.1, 0.15) is 40.0 Å². The number of aliphatic hydroxyl groups is 2. The smallest absolute Gasteiger partial charge is 0.191 e. The van der Waals surface area contributed by atoms with E-state index < -0.39 is 14.4 Å². The van der Waals surface area contributed by atoms with Crippen molar-refractivity contribution in [2.45, 2.75) is 64.3 Å². The minimum Gasteiger partial charge on any atom is -0.417 e. The Morgan fingerprint density at radius 3 is 2.19 bits per heavy atom.